The van der Waals surface area contributed by atoms with Crippen molar-refractivity contribution in [3.8, 4) is 0 Å². The SMILES string of the molecule is Cc1cc(C)cc(S(=O)(=O)NCC2CCCCC2CO)c1. The molecule has 2 N–H and O–H groups in total. The van der Waals surface area contributed by atoms with Gasteiger partial charge in [0, 0.05) is 13.2 Å². The van der Waals surface area contributed by atoms with Gasteiger partial charge in [0.05, 0.1) is 4.90 Å². The van der Waals surface area contributed by atoms with Gasteiger partial charge in [-0.3, -0.25) is 0 Å². The zero-order valence-electron chi connectivity index (χ0n) is 12.8. The van der Waals surface area contributed by atoms with Gasteiger partial charge in [0.2, 0.25) is 10.0 Å². The Labute approximate surface area is 127 Å². The van der Waals surface area contributed by atoms with E-state index in [9.17, 15) is 13.5 Å². The molecular weight excluding hydrogens is 286 g/mol. The molecule has 118 valence electrons. The smallest absolute Gasteiger partial charge is 0.240 e. The van der Waals surface area contributed by atoms with Crippen LogP contribution in [0.2, 0.25) is 0 Å². The summed E-state index contributed by atoms with van der Waals surface area (Å²) in [7, 11) is -3.47. The zero-order valence-corrected chi connectivity index (χ0v) is 13.6. The Morgan fingerprint density at radius 1 is 1.10 bits per heavy atom. The molecule has 1 aromatic rings. The zero-order chi connectivity index (χ0) is 15.5. The molecule has 0 spiro atoms. The lowest BCUT2D eigenvalue weighted by Crippen LogP contribution is -2.35. The van der Waals surface area contributed by atoms with E-state index in [1.807, 2.05) is 19.9 Å². The molecular formula is C16H25NO3S. The molecule has 1 saturated carbocycles. The lowest BCUT2D eigenvalue weighted by Gasteiger charge is -2.30. The fourth-order valence-electron chi connectivity index (χ4n) is 3.18. The number of hydrogen-bond acceptors (Lipinski definition) is 3. The largest absolute Gasteiger partial charge is 0.396 e. The van der Waals surface area contributed by atoms with Crippen LogP contribution in [0.1, 0.15) is 36.8 Å². The molecule has 1 aliphatic carbocycles. The van der Waals surface area contributed by atoms with E-state index in [0.717, 1.165) is 36.8 Å². The standard InChI is InChI=1S/C16H25NO3S/c1-12-7-13(2)9-16(8-12)21(19,20)17-10-14-5-3-4-6-15(14)11-18/h7-9,14-15,17-18H,3-6,10-11H2,1-2H3. The summed E-state index contributed by atoms with van der Waals surface area (Å²) in [6.45, 7) is 4.36. The highest BCUT2D eigenvalue weighted by molar-refractivity contribution is 7.89. The van der Waals surface area contributed by atoms with Crippen molar-refractivity contribution in [2.24, 2.45) is 11.8 Å². The minimum absolute atomic E-state index is 0.149. The Hall–Kier alpha value is -0.910. The molecule has 0 radical (unpaired) electrons. The number of aliphatic hydroxyl groups excluding tert-OH is 1. The van der Waals surface area contributed by atoms with Crippen molar-refractivity contribution in [2.75, 3.05) is 13.2 Å². The number of benzene rings is 1. The third kappa shape index (κ3) is 4.28. The average Bonchev–Trinajstić information content (AvgIpc) is 2.44. The maximum Gasteiger partial charge on any atom is 0.240 e. The summed E-state index contributed by atoms with van der Waals surface area (Å²) in [6.07, 6.45) is 4.23. The highest BCUT2D eigenvalue weighted by Gasteiger charge is 2.26. The van der Waals surface area contributed by atoms with Gasteiger partial charge in [-0.25, -0.2) is 13.1 Å². The van der Waals surface area contributed by atoms with Gasteiger partial charge in [-0.2, -0.15) is 0 Å². The lowest BCUT2D eigenvalue weighted by molar-refractivity contribution is 0.136. The molecule has 1 aromatic carbocycles. The van der Waals surface area contributed by atoms with E-state index in [2.05, 4.69) is 4.72 Å². The van der Waals surface area contributed by atoms with Gasteiger partial charge in [0.15, 0.2) is 0 Å². The first-order valence-corrected chi connectivity index (χ1v) is 9.09. The summed E-state index contributed by atoms with van der Waals surface area (Å²) >= 11 is 0. The van der Waals surface area contributed by atoms with Gasteiger partial charge in [0.25, 0.3) is 0 Å². The molecule has 2 rings (SSSR count). The van der Waals surface area contributed by atoms with Crippen LogP contribution in [0, 0.1) is 25.7 Å². The molecule has 2 atom stereocenters. The maximum atomic E-state index is 12.4. The molecule has 1 fully saturated rings. The number of sulfonamides is 1. The monoisotopic (exact) mass is 311 g/mol. The third-order valence-electron chi connectivity index (χ3n) is 4.34. The summed E-state index contributed by atoms with van der Waals surface area (Å²) in [6, 6.07) is 5.35. The first-order chi connectivity index (χ1) is 9.92. The van der Waals surface area contributed by atoms with Gasteiger partial charge in [-0.05, 0) is 61.8 Å². The van der Waals surface area contributed by atoms with Gasteiger partial charge < -0.3 is 5.11 Å². The molecule has 0 amide bonds. The molecule has 0 saturated heterocycles. The predicted octanol–water partition coefficient (Wildman–Crippen LogP) is 2.38. The molecule has 21 heavy (non-hydrogen) atoms. The number of aliphatic hydroxyl groups is 1. The maximum absolute atomic E-state index is 12.4. The Bertz CT molecular complexity index is 563. The minimum atomic E-state index is -3.47. The molecule has 4 nitrogen and oxygen atoms in total. The van der Waals surface area contributed by atoms with Gasteiger partial charge in [-0.15, -0.1) is 0 Å². The van der Waals surface area contributed by atoms with E-state index in [1.165, 1.54) is 0 Å². The topological polar surface area (TPSA) is 66.4 Å². The molecule has 0 bridgehead atoms. The van der Waals surface area contributed by atoms with Crippen molar-refractivity contribution in [1.29, 1.82) is 0 Å². The first-order valence-electron chi connectivity index (χ1n) is 7.61. The Morgan fingerprint density at radius 2 is 1.67 bits per heavy atom. The highest BCUT2D eigenvalue weighted by Crippen LogP contribution is 2.29. The molecule has 0 aliphatic heterocycles. The van der Waals surface area contributed by atoms with Crippen LogP contribution in [0.25, 0.3) is 0 Å². The summed E-state index contributed by atoms with van der Waals surface area (Å²) < 4.78 is 27.5. The molecule has 5 heteroatoms. The minimum Gasteiger partial charge on any atom is -0.396 e. The second kappa shape index (κ2) is 6.90. The quantitative estimate of drug-likeness (QED) is 0.877. The molecule has 0 aromatic heterocycles. The number of rotatable bonds is 5. The van der Waals surface area contributed by atoms with Crippen molar-refractivity contribution in [2.45, 2.75) is 44.4 Å². The summed E-state index contributed by atoms with van der Waals surface area (Å²) in [5, 5.41) is 9.40. The molecule has 1 aliphatic rings. The van der Waals surface area contributed by atoms with E-state index < -0.39 is 10.0 Å². The summed E-state index contributed by atoms with van der Waals surface area (Å²) in [5.74, 6) is 0.463. The fraction of sp³-hybridized carbons (Fsp3) is 0.625. The first kappa shape index (κ1) is 16.5. The van der Waals surface area contributed by atoms with Crippen LogP contribution < -0.4 is 4.72 Å². The highest BCUT2D eigenvalue weighted by atomic mass is 32.2. The van der Waals surface area contributed by atoms with Crippen molar-refractivity contribution in [1.82, 2.24) is 4.72 Å². The Morgan fingerprint density at radius 3 is 2.24 bits per heavy atom. The predicted molar refractivity (Wildman–Crippen MR) is 83.6 cm³/mol. The van der Waals surface area contributed by atoms with Crippen LogP contribution in [-0.2, 0) is 10.0 Å². The van der Waals surface area contributed by atoms with Crippen LogP contribution in [0.4, 0.5) is 0 Å². The van der Waals surface area contributed by atoms with Crippen molar-refractivity contribution >= 4 is 10.0 Å². The van der Waals surface area contributed by atoms with E-state index in [1.54, 1.807) is 12.1 Å². The van der Waals surface area contributed by atoms with E-state index >= 15 is 0 Å². The Kier molecular flexibility index (Phi) is 5.41. The van der Waals surface area contributed by atoms with Gasteiger partial charge >= 0.3 is 0 Å². The normalized spacial score (nSPS) is 23.2. The van der Waals surface area contributed by atoms with Crippen LogP contribution >= 0.6 is 0 Å². The summed E-state index contributed by atoms with van der Waals surface area (Å²) in [4.78, 5) is 0.330. The van der Waals surface area contributed by atoms with Crippen molar-refractivity contribution in [3.05, 3.63) is 29.3 Å². The average molecular weight is 311 g/mol. The molecule has 0 heterocycles. The lowest BCUT2D eigenvalue weighted by atomic mass is 9.80. The second-order valence-corrected chi connectivity index (χ2v) is 7.93. The fourth-order valence-corrected chi connectivity index (χ4v) is 4.46. The second-order valence-electron chi connectivity index (χ2n) is 6.16. The van der Waals surface area contributed by atoms with Crippen LogP contribution in [0.3, 0.4) is 0 Å². The van der Waals surface area contributed by atoms with E-state index in [4.69, 9.17) is 0 Å². The number of hydrogen-bond donors (Lipinski definition) is 2. The van der Waals surface area contributed by atoms with E-state index in [-0.39, 0.29) is 18.4 Å². The summed E-state index contributed by atoms with van der Waals surface area (Å²) in [5.41, 5.74) is 1.89. The van der Waals surface area contributed by atoms with E-state index in [0.29, 0.717) is 11.4 Å². The number of aryl methyl sites for hydroxylation is 2. The van der Waals surface area contributed by atoms with Crippen molar-refractivity contribution < 1.29 is 13.5 Å². The third-order valence-corrected chi connectivity index (χ3v) is 5.75. The Balaban J connectivity index is 2.07. The van der Waals surface area contributed by atoms with Crippen LogP contribution in [0.15, 0.2) is 23.1 Å². The van der Waals surface area contributed by atoms with Gasteiger partial charge in [0.1, 0.15) is 0 Å². The number of nitrogens with one attached hydrogen (secondary N) is 1. The van der Waals surface area contributed by atoms with Gasteiger partial charge in [-0.1, -0.05) is 18.9 Å². The van der Waals surface area contributed by atoms with Crippen LogP contribution in [0.5, 0.6) is 0 Å². The molecule has 2 unspecified atom stereocenters. The van der Waals surface area contributed by atoms with Crippen LogP contribution in [-0.4, -0.2) is 26.7 Å². The van der Waals surface area contributed by atoms with Crippen molar-refractivity contribution in [3.63, 3.8) is 0 Å².